The highest BCUT2D eigenvalue weighted by Crippen LogP contribution is 2.26. The van der Waals surface area contributed by atoms with E-state index in [1.165, 1.54) is 6.26 Å². The van der Waals surface area contributed by atoms with Crippen molar-refractivity contribution < 1.29 is 13.7 Å². The van der Waals surface area contributed by atoms with E-state index in [0.29, 0.717) is 23.0 Å². The van der Waals surface area contributed by atoms with E-state index in [1.54, 1.807) is 24.4 Å². The lowest BCUT2D eigenvalue weighted by Gasteiger charge is -2.08. The summed E-state index contributed by atoms with van der Waals surface area (Å²) < 4.78 is 12.3. The number of imidazole rings is 1. The van der Waals surface area contributed by atoms with Gasteiger partial charge in [-0.2, -0.15) is 0 Å². The number of carbonyl (C=O) groups is 1. The summed E-state index contributed by atoms with van der Waals surface area (Å²) in [6.45, 7) is 1.92. The van der Waals surface area contributed by atoms with Gasteiger partial charge in [-0.1, -0.05) is 17.3 Å². The maximum absolute atomic E-state index is 12.6. The van der Waals surface area contributed by atoms with Gasteiger partial charge < -0.3 is 14.3 Å². The Balaban J connectivity index is 1.42. The van der Waals surface area contributed by atoms with Crippen molar-refractivity contribution in [1.82, 2.24) is 19.5 Å². The van der Waals surface area contributed by atoms with Crippen LogP contribution in [0, 0.1) is 6.92 Å². The molecule has 0 saturated carbocycles. The highest BCUT2D eigenvalue weighted by molar-refractivity contribution is 6.04. The van der Waals surface area contributed by atoms with Crippen LogP contribution in [0.5, 0.6) is 0 Å². The predicted octanol–water partition coefficient (Wildman–Crippen LogP) is 4.21. The maximum Gasteiger partial charge on any atom is 0.277 e. The van der Waals surface area contributed by atoms with Crippen LogP contribution in [0.3, 0.4) is 0 Å². The minimum Gasteiger partial charge on any atom is -0.461 e. The highest BCUT2D eigenvalue weighted by atomic mass is 16.5. The lowest BCUT2D eigenvalue weighted by molar-refractivity contribution is 0.101. The Kier molecular flexibility index (Phi) is 3.94. The van der Waals surface area contributed by atoms with Crippen LogP contribution >= 0.6 is 0 Å². The van der Waals surface area contributed by atoms with Crippen molar-refractivity contribution in [2.45, 2.75) is 6.92 Å². The average Bonchev–Trinajstić information content (AvgIpc) is 3.48. The summed E-state index contributed by atoms with van der Waals surface area (Å²) in [6, 6.07) is 12.6. The van der Waals surface area contributed by atoms with Crippen LogP contribution in [-0.2, 0) is 0 Å². The van der Waals surface area contributed by atoms with Gasteiger partial charge in [0.15, 0.2) is 11.5 Å². The summed E-state index contributed by atoms with van der Waals surface area (Å²) in [4.78, 5) is 21.4. The van der Waals surface area contributed by atoms with Crippen LogP contribution in [0.4, 0.5) is 5.69 Å². The summed E-state index contributed by atoms with van der Waals surface area (Å²) in [6.07, 6.45) is 7.01. The van der Waals surface area contributed by atoms with Crippen LogP contribution in [0.15, 0.2) is 76.3 Å². The van der Waals surface area contributed by atoms with Crippen LogP contribution < -0.4 is 5.32 Å². The molecule has 0 aliphatic rings. The van der Waals surface area contributed by atoms with E-state index < -0.39 is 0 Å². The molecule has 0 unspecified atom stereocenters. The average molecular weight is 385 g/mol. The van der Waals surface area contributed by atoms with E-state index in [2.05, 4.69) is 20.4 Å². The first kappa shape index (κ1) is 16.9. The fraction of sp³-hybridized carbons (Fsp3) is 0.0476. The van der Waals surface area contributed by atoms with E-state index in [-0.39, 0.29) is 11.6 Å². The lowest BCUT2D eigenvalue weighted by Crippen LogP contribution is -2.13. The molecule has 0 fully saturated rings. The molecule has 4 aromatic heterocycles. The molecule has 1 aromatic carbocycles. The number of rotatable bonds is 4. The first-order chi connectivity index (χ1) is 14.2. The van der Waals surface area contributed by atoms with Crippen molar-refractivity contribution in [3.05, 3.63) is 78.6 Å². The fourth-order valence-electron chi connectivity index (χ4n) is 2.99. The van der Waals surface area contributed by atoms with Gasteiger partial charge >= 0.3 is 0 Å². The van der Waals surface area contributed by atoms with Crippen molar-refractivity contribution in [2.75, 3.05) is 5.32 Å². The van der Waals surface area contributed by atoms with Gasteiger partial charge in [-0.05, 0) is 36.8 Å². The number of nitrogens with zero attached hydrogens (tertiary/aromatic N) is 4. The molecule has 1 amide bonds. The second-order valence-electron chi connectivity index (χ2n) is 6.49. The molecular weight excluding hydrogens is 370 g/mol. The van der Waals surface area contributed by atoms with Crippen molar-refractivity contribution in [3.63, 3.8) is 0 Å². The molecular formula is C21H15N5O3. The third kappa shape index (κ3) is 3.16. The molecule has 29 heavy (non-hydrogen) atoms. The molecule has 8 heteroatoms. The number of hydrogen-bond acceptors (Lipinski definition) is 6. The van der Waals surface area contributed by atoms with Crippen molar-refractivity contribution in [1.29, 1.82) is 0 Å². The number of anilines is 1. The Morgan fingerprint density at radius 1 is 1.14 bits per heavy atom. The molecule has 0 radical (unpaired) electrons. The first-order valence-corrected chi connectivity index (χ1v) is 8.90. The smallest absolute Gasteiger partial charge is 0.277 e. The first-order valence-electron chi connectivity index (χ1n) is 8.90. The van der Waals surface area contributed by atoms with Gasteiger partial charge in [0.05, 0.1) is 12.0 Å². The molecule has 0 bridgehead atoms. The van der Waals surface area contributed by atoms with Crippen LogP contribution in [-0.4, -0.2) is 25.4 Å². The van der Waals surface area contributed by atoms with Crippen LogP contribution in [0.1, 0.15) is 16.1 Å². The second-order valence-corrected chi connectivity index (χ2v) is 6.49. The lowest BCUT2D eigenvalue weighted by atomic mass is 10.1. The summed E-state index contributed by atoms with van der Waals surface area (Å²) in [5.74, 6) is 1.14. The maximum atomic E-state index is 12.6. The number of carbonyl (C=O) groups excluding carboxylic acids is 1. The Morgan fingerprint density at radius 2 is 2.07 bits per heavy atom. The van der Waals surface area contributed by atoms with Gasteiger partial charge in [0.25, 0.3) is 5.91 Å². The van der Waals surface area contributed by atoms with Gasteiger partial charge in [-0.25, -0.2) is 9.97 Å². The van der Waals surface area contributed by atoms with Gasteiger partial charge in [-0.3, -0.25) is 9.20 Å². The summed E-state index contributed by atoms with van der Waals surface area (Å²) in [7, 11) is 0. The second kappa shape index (κ2) is 6.75. The molecule has 0 aliphatic heterocycles. The number of fused-ring (bicyclic) bond motifs is 1. The number of benzene rings is 1. The molecule has 8 nitrogen and oxygen atoms in total. The zero-order valence-electron chi connectivity index (χ0n) is 15.4. The van der Waals surface area contributed by atoms with E-state index >= 15 is 0 Å². The van der Waals surface area contributed by atoms with Crippen molar-refractivity contribution in [2.24, 2.45) is 0 Å². The Labute approximate surface area is 164 Å². The zero-order valence-corrected chi connectivity index (χ0v) is 15.4. The molecule has 1 N–H and O–H groups in total. The predicted molar refractivity (Wildman–Crippen MR) is 105 cm³/mol. The third-order valence-electron chi connectivity index (χ3n) is 4.52. The number of amides is 1. The molecule has 5 aromatic rings. The number of aromatic nitrogens is 4. The standard InChI is InChI=1S/C21H15N5O3/c1-13-5-6-14(17-12-26-8-3-7-22-21(26)24-17)10-15(13)23-20(27)16-11-19(29-25-16)18-4-2-9-28-18/h2-12H,1H3,(H,23,27). The summed E-state index contributed by atoms with van der Waals surface area (Å²) in [5.41, 5.74) is 3.38. The molecule has 142 valence electrons. The summed E-state index contributed by atoms with van der Waals surface area (Å²) >= 11 is 0. The quantitative estimate of drug-likeness (QED) is 0.498. The van der Waals surface area contributed by atoms with Crippen LogP contribution in [0.2, 0.25) is 0 Å². The molecule has 0 saturated heterocycles. The van der Waals surface area contributed by atoms with Crippen LogP contribution in [0.25, 0.3) is 28.6 Å². The Morgan fingerprint density at radius 3 is 2.90 bits per heavy atom. The topological polar surface area (TPSA) is 98.5 Å². The van der Waals surface area contributed by atoms with Gasteiger partial charge in [0, 0.05) is 35.9 Å². The van der Waals surface area contributed by atoms with Crippen molar-refractivity contribution >= 4 is 17.4 Å². The molecule has 5 rings (SSSR count). The normalized spacial score (nSPS) is 11.1. The Bertz CT molecular complexity index is 1280. The Hall–Kier alpha value is -4.20. The highest BCUT2D eigenvalue weighted by Gasteiger charge is 2.16. The molecule has 4 heterocycles. The summed E-state index contributed by atoms with van der Waals surface area (Å²) in [5, 5.41) is 6.72. The molecule has 0 spiro atoms. The zero-order chi connectivity index (χ0) is 19.8. The van der Waals surface area contributed by atoms with E-state index in [9.17, 15) is 4.79 Å². The van der Waals surface area contributed by atoms with E-state index in [1.807, 2.05) is 48.0 Å². The monoisotopic (exact) mass is 385 g/mol. The van der Waals surface area contributed by atoms with Gasteiger partial charge in [0.1, 0.15) is 0 Å². The number of aryl methyl sites for hydroxylation is 1. The number of hydrogen-bond donors (Lipinski definition) is 1. The van der Waals surface area contributed by atoms with Crippen molar-refractivity contribution in [3.8, 4) is 22.8 Å². The molecule has 0 atom stereocenters. The third-order valence-corrected chi connectivity index (χ3v) is 4.52. The fourth-order valence-corrected chi connectivity index (χ4v) is 2.99. The minimum atomic E-state index is -0.372. The van der Waals surface area contributed by atoms with Gasteiger partial charge in [0.2, 0.25) is 11.5 Å². The van der Waals surface area contributed by atoms with E-state index in [0.717, 1.165) is 16.8 Å². The van der Waals surface area contributed by atoms with E-state index in [4.69, 9.17) is 8.94 Å². The number of nitrogens with one attached hydrogen (secondary N) is 1. The number of furan rings is 1. The SMILES string of the molecule is Cc1ccc(-c2cn3cccnc3n2)cc1NC(=O)c1cc(-c2ccco2)on1. The molecule has 0 aliphatic carbocycles. The van der Waals surface area contributed by atoms with Gasteiger partial charge in [-0.15, -0.1) is 0 Å². The largest absolute Gasteiger partial charge is 0.461 e. The minimum absolute atomic E-state index is 0.165.